The molecule has 0 spiro atoms. The van der Waals surface area contributed by atoms with Crippen LogP contribution < -0.4 is 15.8 Å². The molecule has 8 nitrogen and oxygen atoms in total. The monoisotopic (exact) mass is 448 g/mol. The number of hydrogen-bond acceptors (Lipinski definition) is 6. The summed E-state index contributed by atoms with van der Waals surface area (Å²) in [5.41, 5.74) is 4.03. The van der Waals surface area contributed by atoms with Crippen molar-refractivity contribution in [1.82, 2.24) is 24.6 Å². The molecule has 32 heavy (non-hydrogen) atoms. The van der Waals surface area contributed by atoms with Crippen LogP contribution in [0.3, 0.4) is 0 Å². The van der Waals surface area contributed by atoms with E-state index in [9.17, 15) is 9.59 Å². The third-order valence-electron chi connectivity index (χ3n) is 5.95. The first-order valence-electron chi connectivity index (χ1n) is 10.7. The molecule has 0 unspecified atom stereocenters. The van der Waals surface area contributed by atoms with E-state index in [2.05, 4.69) is 20.2 Å². The zero-order chi connectivity index (χ0) is 22.2. The number of aromatic nitrogens is 4. The second kappa shape index (κ2) is 8.23. The van der Waals surface area contributed by atoms with Gasteiger partial charge in [0.2, 0.25) is 0 Å². The molecule has 1 aliphatic heterocycles. The summed E-state index contributed by atoms with van der Waals surface area (Å²) in [6, 6.07) is 13.3. The molecule has 4 aromatic rings. The normalized spacial score (nSPS) is 16.1. The molecule has 0 radical (unpaired) electrons. The van der Waals surface area contributed by atoms with E-state index in [0.717, 1.165) is 34.8 Å². The SMILES string of the molecule is CCn1c(C)c(C(=O)N[C@H]2CCN(c3ccc4ncsc4n3)C2)c(=O)n1-c1ccccc1. The number of benzene rings is 1. The largest absolute Gasteiger partial charge is 0.354 e. The van der Waals surface area contributed by atoms with Gasteiger partial charge >= 0.3 is 0 Å². The Morgan fingerprint density at radius 2 is 2.03 bits per heavy atom. The van der Waals surface area contributed by atoms with Gasteiger partial charge in [0, 0.05) is 25.7 Å². The van der Waals surface area contributed by atoms with Gasteiger partial charge in [0.1, 0.15) is 21.7 Å². The Labute approximate surface area is 189 Å². The first kappa shape index (κ1) is 20.4. The number of pyridine rings is 1. The maximum atomic E-state index is 13.2. The van der Waals surface area contributed by atoms with E-state index in [0.29, 0.717) is 18.8 Å². The lowest BCUT2D eigenvalue weighted by atomic mass is 10.2. The van der Waals surface area contributed by atoms with E-state index in [1.807, 2.05) is 61.0 Å². The van der Waals surface area contributed by atoms with Crippen molar-refractivity contribution < 1.29 is 4.79 Å². The number of carbonyl (C=O) groups is 1. The quantitative estimate of drug-likeness (QED) is 0.507. The van der Waals surface area contributed by atoms with Crippen LogP contribution in [0.5, 0.6) is 0 Å². The van der Waals surface area contributed by atoms with Crippen molar-refractivity contribution in [2.45, 2.75) is 32.9 Å². The summed E-state index contributed by atoms with van der Waals surface area (Å²) in [5.74, 6) is 0.570. The number of fused-ring (bicyclic) bond motifs is 1. The summed E-state index contributed by atoms with van der Waals surface area (Å²) in [5, 5.41) is 3.08. The number of para-hydroxylation sites is 1. The molecule has 5 rings (SSSR count). The molecule has 4 heterocycles. The summed E-state index contributed by atoms with van der Waals surface area (Å²) in [4.78, 5) is 38.4. The summed E-state index contributed by atoms with van der Waals surface area (Å²) < 4.78 is 3.43. The minimum atomic E-state index is -0.318. The van der Waals surface area contributed by atoms with Crippen LogP contribution in [-0.4, -0.2) is 44.4 Å². The van der Waals surface area contributed by atoms with E-state index < -0.39 is 0 Å². The molecule has 1 aromatic carbocycles. The zero-order valence-electron chi connectivity index (χ0n) is 18.0. The van der Waals surface area contributed by atoms with E-state index in [1.165, 1.54) is 11.3 Å². The van der Waals surface area contributed by atoms with Gasteiger partial charge in [0.15, 0.2) is 0 Å². The van der Waals surface area contributed by atoms with Gasteiger partial charge in [-0.1, -0.05) is 18.2 Å². The molecule has 1 N–H and O–H groups in total. The molecule has 1 amide bonds. The van der Waals surface area contributed by atoms with Gasteiger partial charge in [-0.05, 0) is 44.5 Å². The number of thiazole rings is 1. The molecule has 0 aliphatic carbocycles. The highest BCUT2D eigenvalue weighted by Crippen LogP contribution is 2.23. The summed E-state index contributed by atoms with van der Waals surface area (Å²) >= 11 is 1.52. The lowest BCUT2D eigenvalue weighted by Gasteiger charge is -2.17. The molecule has 1 atom stereocenters. The van der Waals surface area contributed by atoms with Crippen LogP contribution in [0.2, 0.25) is 0 Å². The average Bonchev–Trinajstić information content (AvgIpc) is 3.51. The Morgan fingerprint density at radius 3 is 2.81 bits per heavy atom. The molecule has 3 aromatic heterocycles. The van der Waals surface area contributed by atoms with Crippen molar-refractivity contribution in [3.05, 3.63) is 69.6 Å². The number of carbonyl (C=O) groups excluding carboxylic acids is 1. The summed E-state index contributed by atoms with van der Waals surface area (Å²) in [7, 11) is 0. The van der Waals surface area contributed by atoms with Gasteiger partial charge in [-0.15, -0.1) is 11.3 Å². The Balaban J connectivity index is 1.36. The number of rotatable bonds is 5. The molecule has 0 saturated carbocycles. The van der Waals surface area contributed by atoms with Crippen LogP contribution in [0.1, 0.15) is 29.4 Å². The standard InChI is InChI=1S/C23H24N6O2S/c1-3-28-15(2)20(23(31)29(28)17-7-5-4-6-8-17)21(30)25-16-11-12-27(13-16)19-10-9-18-22(26-19)32-14-24-18/h4-10,14,16H,3,11-13H2,1-2H3,(H,25,30)/t16-/m0/s1. The number of nitrogens with one attached hydrogen (secondary N) is 1. The Hall–Kier alpha value is -3.46. The zero-order valence-corrected chi connectivity index (χ0v) is 18.8. The maximum Gasteiger partial charge on any atom is 0.284 e. The molecular weight excluding hydrogens is 424 g/mol. The average molecular weight is 449 g/mol. The van der Waals surface area contributed by atoms with E-state index in [1.54, 1.807) is 10.2 Å². The molecular formula is C23H24N6O2S. The predicted molar refractivity (Wildman–Crippen MR) is 126 cm³/mol. The fourth-order valence-corrected chi connectivity index (χ4v) is 5.03. The van der Waals surface area contributed by atoms with Gasteiger partial charge < -0.3 is 10.2 Å². The first-order valence-corrected chi connectivity index (χ1v) is 11.6. The fraction of sp³-hybridized carbons (Fsp3) is 0.304. The molecule has 0 bridgehead atoms. The number of amides is 1. The van der Waals surface area contributed by atoms with Crippen LogP contribution in [0, 0.1) is 6.92 Å². The van der Waals surface area contributed by atoms with Crippen molar-refractivity contribution >= 4 is 33.4 Å². The molecule has 1 fully saturated rings. The third-order valence-corrected chi connectivity index (χ3v) is 6.69. The topological polar surface area (TPSA) is 85.1 Å². The highest BCUT2D eigenvalue weighted by molar-refractivity contribution is 7.16. The van der Waals surface area contributed by atoms with Crippen LogP contribution >= 0.6 is 11.3 Å². The number of hydrogen-bond donors (Lipinski definition) is 1. The molecule has 1 aliphatic rings. The first-order chi connectivity index (χ1) is 15.6. The third kappa shape index (κ3) is 3.48. The Kier molecular flexibility index (Phi) is 5.26. The summed E-state index contributed by atoms with van der Waals surface area (Å²) in [6.07, 6.45) is 0.800. The van der Waals surface area contributed by atoms with Gasteiger partial charge in [-0.25, -0.2) is 14.6 Å². The minimum Gasteiger partial charge on any atom is -0.354 e. The van der Waals surface area contributed by atoms with Gasteiger partial charge in [0.25, 0.3) is 11.5 Å². The van der Waals surface area contributed by atoms with Crippen molar-refractivity contribution in [2.24, 2.45) is 0 Å². The molecule has 164 valence electrons. The molecule has 1 saturated heterocycles. The van der Waals surface area contributed by atoms with Crippen molar-refractivity contribution in [2.75, 3.05) is 18.0 Å². The number of anilines is 1. The number of nitrogens with zero attached hydrogens (tertiary/aromatic N) is 5. The van der Waals surface area contributed by atoms with Gasteiger partial charge in [-0.3, -0.25) is 14.3 Å². The summed E-state index contributed by atoms with van der Waals surface area (Å²) in [6.45, 7) is 5.84. The van der Waals surface area contributed by atoms with Crippen molar-refractivity contribution in [1.29, 1.82) is 0 Å². The van der Waals surface area contributed by atoms with E-state index in [-0.39, 0.29) is 23.1 Å². The maximum absolute atomic E-state index is 13.2. The highest BCUT2D eigenvalue weighted by atomic mass is 32.1. The minimum absolute atomic E-state index is 0.0459. The van der Waals surface area contributed by atoms with Gasteiger partial charge in [0.05, 0.1) is 16.9 Å². The van der Waals surface area contributed by atoms with Crippen LogP contribution in [0.15, 0.2) is 52.8 Å². The van der Waals surface area contributed by atoms with Crippen molar-refractivity contribution in [3.8, 4) is 5.69 Å². The Morgan fingerprint density at radius 1 is 1.22 bits per heavy atom. The smallest absolute Gasteiger partial charge is 0.284 e. The Bertz CT molecular complexity index is 1340. The fourth-order valence-electron chi connectivity index (χ4n) is 4.38. The van der Waals surface area contributed by atoms with Crippen molar-refractivity contribution in [3.63, 3.8) is 0 Å². The van der Waals surface area contributed by atoms with E-state index >= 15 is 0 Å². The van der Waals surface area contributed by atoms with Crippen LogP contribution in [-0.2, 0) is 6.54 Å². The lowest BCUT2D eigenvalue weighted by molar-refractivity contribution is 0.0938. The molecule has 9 heteroatoms. The lowest BCUT2D eigenvalue weighted by Crippen LogP contribution is -2.39. The second-order valence-electron chi connectivity index (χ2n) is 7.88. The van der Waals surface area contributed by atoms with Gasteiger partial charge in [-0.2, -0.15) is 0 Å². The predicted octanol–water partition coefficient (Wildman–Crippen LogP) is 2.98. The second-order valence-corrected chi connectivity index (χ2v) is 8.71. The van der Waals surface area contributed by atoms with Crippen LogP contribution in [0.25, 0.3) is 16.0 Å². The highest BCUT2D eigenvalue weighted by Gasteiger charge is 2.29. The van der Waals surface area contributed by atoms with Crippen LogP contribution in [0.4, 0.5) is 5.82 Å². The van der Waals surface area contributed by atoms with E-state index in [4.69, 9.17) is 0 Å².